The van der Waals surface area contributed by atoms with Crippen molar-refractivity contribution >= 4 is 39.6 Å². The molecule has 0 fully saturated rings. The summed E-state index contributed by atoms with van der Waals surface area (Å²) in [6.07, 6.45) is 1.62. The average molecular weight is 461 g/mol. The van der Waals surface area contributed by atoms with E-state index in [2.05, 4.69) is 11.1 Å². The summed E-state index contributed by atoms with van der Waals surface area (Å²) >= 11 is 1.18. The molecule has 0 spiro atoms. The minimum Gasteiger partial charge on any atom is -0.497 e. The summed E-state index contributed by atoms with van der Waals surface area (Å²) in [7, 11) is 3.06. The van der Waals surface area contributed by atoms with E-state index in [4.69, 9.17) is 13.9 Å². The van der Waals surface area contributed by atoms with Crippen LogP contribution in [0, 0.1) is 21.4 Å². The van der Waals surface area contributed by atoms with Crippen LogP contribution in [0.3, 0.4) is 0 Å². The Morgan fingerprint density at radius 1 is 1.21 bits per heavy atom. The van der Waals surface area contributed by atoms with Crippen LogP contribution in [0.5, 0.6) is 11.5 Å². The lowest BCUT2D eigenvalue weighted by Gasteiger charge is -2.07. The second-order valence-electron chi connectivity index (χ2n) is 6.74. The maximum atomic E-state index is 12.5. The molecule has 0 bridgehead atoms. The largest absolute Gasteiger partial charge is 0.497 e. The highest BCUT2D eigenvalue weighted by atomic mass is 32.1. The minimum absolute atomic E-state index is 0.122. The lowest BCUT2D eigenvalue weighted by Crippen LogP contribution is -2.03. The lowest BCUT2D eigenvalue weighted by molar-refractivity contribution is -0.384. The standard InChI is InChI=1S/C23H15N3O6S/c1-30-17-4-6-20(31-2)13(9-17)7-15(11-24)22-25-19(12-33-22)18-10-14-8-16(26(28)29)3-5-21(14)32-23(18)27/h3-10,12H,1-2H3. The van der Waals surface area contributed by atoms with Gasteiger partial charge in [-0.2, -0.15) is 5.26 Å². The molecule has 0 radical (unpaired) electrons. The summed E-state index contributed by atoms with van der Waals surface area (Å²) in [6, 6.07) is 12.8. The van der Waals surface area contributed by atoms with E-state index >= 15 is 0 Å². The van der Waals surface area contributed by atoms with Gasteiger partial charge in [0.25, 0.3) is 5.69 Å². The van der Waals surface area contributed by atoms with Crippen molar-refractivity contribution in [3.63, 3.8) is 0 Å². The van der Waals surface area contributed by atoms with E-state index < -0.39 is 10.5 Å². The number of nitro groups is 1. The van der Waals surface area contributed by atoms with Gasteiger partial charge >= 0.3 is 5.63 Å². The molecule has 0 saturated carbocycles. The third-order valence-corrected chi connectivity index (χ3v) is 5.67. The topological polar surface area (TPSA) is 128 Å². The van der Waals surface area contributed by atoms with E-state index in [1.807, 2.05) is 0 Å². The van der Waals surface area contributed by atoms with Gasteiger partial charge in [-0.25, -0.2) is 9.78 Å². The number of thiazole rings is 1. The van der Waals surface area contributed by atoms with Crippen molar-refractivity contribution in [1.29, 1.82) is 5.26 Å². The first kappa shape index (κ1) is 21.7. The maximum absolute atomic E-state index is 12.5. The summed E-state index contributed by atoms with van der Waals surface area (Å²) in [5.74, 6) is 1.15. The van der Waals surface area contributed by atoms with Crippen molar-refractivity contribution in [1.82, 2.24) is 4.98 Å². The molecule has 2 heterocycles. The van der Waals surface area contributed by atoms with Crippen LogP contribution in [0.2, 0.25) is 0 Å². The number of aromatic nitrogens is 1. The molecule has 0 N–H and O–H groups in total. The quantitative estimate of drug-likeness (QED) is 0.171. The second-order valence-corrected chi connectivity index (χ2v) is 7.60. The number of benzene rings is 2. The Morgan fingerprint density at radius 2 is 2.03 bits per heavy atom. The molecule has 0 saturated heterocycles. The predicted molar refractivity (Wildman–Crippen MR) is 123 cm³/mol. The summed E-state index contributed by atoms with van der Waals surface area (Å²) in [4.78, 5) is 27.5. The fourth-order valence-electron chi connectivity index (χ4n) is 3.17. The normalized spacial score (nSPS) is 11.2. The van der Waals surface area contributed by atoms with Gasteiger partial charge in [0.15, 0.2) is 0 Å². The van der Waals surface area contributed by atoms with Gasteiger partial charge in [-0.15, -0.1) is 11.3 Å². The number of ether oxygens (including phenoxy) is 2. The van der Waals surface area contributed by atoms with Gasteiger partial charge in [0.2, 0.25) is 0 Å². The first-order valence-electron chi connectivity index (χ1n) is 9.46. The van der Waals surface area contributed by atoms with Crippen molar-refractivity contribution in [2.75, 3.05) is 14.2 Å². The van der Waals surface area contributed by atoms with Gasteiger partial charge in [-0.3, -0.25) is 10.1 Å². The monoisotopic (exact) mass is 461 g/mol. The minimum atomic E-state index is -0.634. The van der Waals surface area contributed by atoms with Crippen LogP contribution in [0.15, 0.2) is 57.1 Å². The molecule has 4 rings (SSSR count). The number of nitriles is 1. The van der Waals surface area contributed by atoms with Crippen LogP contribution in [-0.2, 0) is 0 Å². The van der Waals surface area contributed by atoms with Crippen molar-refractivity contribution < 1.29 is 18.8 Å². The fourth-order valence-corrected chi connectivity index (χ4v) is 3.96. The number of methoxy groups -OCH3 is 2. The van der Waals surface area contributed by atoms with Crippen molar-refractivity contribution in [3.05, 3.63) is 79.0 Å². The molecular weight excluding hydrogens is 446 g/mol. The van der Waals surface area contributed by atoms with Crippen LogP contribution < -0.4 is 15.1 Å². The van der Waals surface area contributed by atoms with Crippen molar-refractivity contribution in [2.24, 2.45) is 0 Å². The Hall–Kier alpha value is -4.49. The maximum Gasteiger partial charge on any atom is 0.345 e. The molecule has 0 unspecified atom stereocenters. The van der Waals surface area contributed by atoms with Gasteiger partial charge in [0, 0.05) is 28.5 Å². The van der Waals surface area contributed by atoms with Gasteiger partial charge in [0.1, 0.15) is 28.2 Å². The van der Waals surface area contributed by atoms with E-state index in [0.29, 0.717) is 33.2 Å². The van der Waals surface area contributed by atoms with E-state index in [-0.39, 0.29) is 22.4 Å². The number of nitrogens with zero attached hydrogens (tertiary/aromatic N) is 3. The SMILES string of the molecule is COc1ccc(OC)c(C=C(C#N)c2nc(-c3cc4cc([N+](=O)[O-])ccc4oc3=O)cs2)c1. The summed E-state index contributed by atoms with van der Waals surface area (Å²) in [5.41, 5.74) is 0.805. The zero-order chi connectivity index (χ0) is 23.5. The Bertz CT molecular complexity index is 1510. The molecule has 4 aromatic rings. The van der Waals surface area contributed by atoms with Gasteiger partial charge in [-0.05, 0) is 36.4 Å². The van der Waals surface area contributed by atoms with Crippen LogP contribution in [0.4, 0.5) is 5.69 Å². The number of hydrogen-bond acceptors (Lipinski definition) is 9. The molecule has 0 aliphatic carbocycles. The van der Waals surface area contributed by atoms with E-state index in [1.54, 1.807) is 29.7 Å². The average Bonchev–Trinajstić information content (AvgIpc) is 3.31. The Kier molecular flexibility index (Phi) is 5.89. The van der Waals surface area contributed by atoms with E-state index in [9.17, 15) is 20.2 Å². The molecule has 164 valence electrons. The first-order chi connectivity index (χ1) is 15.9. The van der Waals surface area contributed by atoms with E-state index in [0.717, 1.165) is 0 Å². The lowest BCUT2D eigenvalue weighted by atomic mass is 10.1. The molecule has 33 heavy (non-hydrogen) atoms. The fraction of sp³-hybridized carbons (Fsp3) is 0.0870. The Labute approximate surface area is 190 Å². The van der Waals surface area contributed by atoms with E-state index in [1.165, 1.54) is 49.8 Å². The third kappa shape index (κ3) is 4.30. The van der Waals surface area contributed by atoms with Gasteiger partial charge in [0.05, 0.1) is 36.0 Å². The number of nitro benzene ring substituents is 1. The molecule has 2 aromatic heterocycles. The van der Waals surface area contributed by atoms with Crippen molar-refractivity contribution in [2.45, 2.75) is 0 Å². The van der Waals surface area contributed by atoms with Gasteiger partial charge < -0.3 is 13.9 Å². The molecule has 0 aliphatic rings. The number of hydrogen-bond donors (Lipinski definition) is 0. The highest BCUT2D eigenvalue weighted by Crippen LogP contribution is 2.31. The Morgan fingerprint density at radius 3 is 2.73 bits per heavy atom. The molecule has 2 aromatic carbocycles. The second kappa shape index (κ2) is 8.94. The molecule has 9 nitrogen and oxygen atoms in total. The third-order valence-electron chi connectivity index (χ3n) is 4.79. The molecule has 0 atom stereocenters. The number of non-ortho nitro benzene ring substituents is 1. The van der Waals surface area contributed by atoms with Crippen LogP contribution in [0.25, 0.3) is 33.9 Å². The molecule has 0 aliphatic heterocycles. The summed E-state index contributed by atoms with van der Waals surface area (Å²) in [5, 5.41) is 23.2. The van der Waals surface area contributed by atoms with Gasteiger partial charge in [-0.1, -0.05) is 0 Å². The molecular formula is C23H15N3O6S. The van der Waals surface area contributed by atoms with Crippen LogP contribution in [-0.4, -0.2) is 24.1 Å². The first-order valence-corrected chi connectivity index (χ1v) is 10.3. The number of allylic oxidation sites excluding steroid dienone is 1. The smallest absolute Gasteiger partial charge is 0.345 e. The highest BCUT2D eigenvalue weighted by Gasteiger charge is 2.16. The Balaban J connectivity index is 1.77. The number of rotatable bonds is 6. The summed E-state index contributed by atoms with van der Waals surface area (Å²) in [6.45, 7) is 0. The molecule has 10 heteroatoms. The highest BCUT2D eigenvalue weighted by molar-refractivity contribution is 7.11. The zero-order valence-electron chi connectivity index (χ0n) is 17.4. The number of fused-ring (bicyclic) bond motifs is 1. The predicted octanol–water partition coefficient (Wildman–Crippen LogP) is 4.91. The molecule has 0 amide bonds. The zero-order valence-corrected chi connectivity index (χ0v) is 18.2. The summed E-state index contributed by atoms with van der Waals surface area (Å²) < 4.78 is 15.9. The van der Waals surface area contributed by atoms with Crippen LogP contribution >= 0.6 is 11.3 Å². The van der Waals surface area contributed by atoms with Crippen molar-refractivity contribution in [3.8, 4) is 28.8 Å². The van der Waals surface area contributed by atoms with Crippen LogP contribution in [0.1, 0.15) is 10.6 Å².